The molecule has 0 spiro atoms. The molecule has 2 aliphatic heterocycles. The second kappa shape index (κ2) is 2.55. The summed E-state index contributed by atoms with van der Waals surface area (Å²) >= 11 is 1.94. The van der Waals surface area contributed by atoms with Crippen molar-refractivity contribution in [2.45, 2.75) is 37.1 Å². The van der Waals surface area contributed by atoms with Crippen molar-refractivity contribution in [3.05, 3.63) is 0 Å². The fourth-order valence-electron chi connectivity index (χ4n) is 1.83. The van der Waals surface area contributed by atoms with Gasteiger partial charge in [0.05, 0.1) is 12.1 Å². The Morgan fingerprint density at radius 2 is 2.08 bits per heavy atom. The van der Waals surface area contributed by atoms with Gasteiger partial charge in [0.2, 0.25) is 0 Å². The highest BCUT2D eigenvalue weighted by atomic mass is 32.2. The summed E-state index contributed by atoms with van der Waals surface area (Å²) < 4.78 is 0.320. The minimum Gasteiger partial charge on any atom is -0.333 e. The van der Waals surface area contributed by atoms with Crippen LogP contribution < -0.4 is 10.6 Å². The fourth-order valence-corrected chi connectivity index (χ4v) is 3.08. The summed E-state index contributed by atoms with van der Waals surface area (Å²) in [6.45, 7) is 4.47. The first kappa shape index (κ1) is 8.23. The molecule has 0 aliphatic carbocycles. The molecule has 2 fully saturated rings. The molecule has 0 bridgehead atoms. The Labute approximate surface area is 76.7 Å². The smallest absolute Gasteiger partial charge is 0.315 e. The Balaban J connectivity index is 2.06. The maximum absolute atomic E-state index is 11.0. The third-order valence-electron chi connectivity index (χ3n) is 2.48. The molecular weight excluding hydrogens is 172 g/mol. The molecule has 0 aromatic heterocycles. The van der Waals surface area contributed by atoms with Gasteiger partial charge in [-0.1, -0.05) is 13.8 Å². The average molecular weight is 186 g/mol. The Hall–Kier alpha value is -0.380. The number of rotatable bonds is 0. The molecule has 68 valence electrons. The number of carbonyl (C=O) groups excluding carboxylic acids is 1. The van der Waals surface area contributed by atoms with Crippen LogP contribution in [0.15, 0.2) is 0 Å². The number of fused-ring (bicyclic) bond motifs is 1. The number of carbonyl (C=O) groups is 1. The molecule has 4 heteroatoms. The average Bonchev–Trinajstić information content (AvgIpc) is 2.26. The predicted molar refractivity (Wildman–Crippen MR) is 50.4 cm³/mol. The summed E-state index contributed by atoms with van der Waals surface area (Å²) in [4.78, 5) is 11.0. The topological polar surface area (TPSA) is 41.1 Å². The number of amides is 2. The Morgan fingerprint density at radius 3 is 2.83 bits per heavy atom. The molecule has 0 aromatic rings. The van der Waals surface area contributed by atoms with Crippen LogP contribution in [0.1, 0.15) is 20.3 Å². The van der Waals surface area contributed by atoms with Crippen molar-refractivity contribution in [1.29, 1.82) is 0 Å². The highest BCUT2D eigenvalue weighted by Gasteiger charge is 2.40. The van der Waals surface area contributed by atoms with Crippen molar-refractivity contribution >= 4 is 17.8 Å². The lowest BCUT2D eigenvalue weighted by molar-refractivity contribution is 0.247. The summed E-state index contributed by atoms with van der Waals surface area (Å²) in [6.07, 6.45) is 1.07. The SMILES string of the molecule is CC1(C)CC2NC(=O)NC2CS1. The van der Waals surface area contributed by atoms with E-state index in [1.165, 1.54) is 0 Å². The van der Waals surface area contributed by atoms with Crippen LogP contribution >= 0.6 is 11.8 Å². The Bertz CT molecular complexity index is 217. The summed E-state index contributed by atoms with van der Waals surface area (Å²) in [6, 6.07) is 0.715. The van der Waals surface area contributed by atoms with Crippen molar-refractivity contribution in [3.8, 4) is 0 Å². The van der Waals surface area contributed by atoms with Crippen molar-refractivity contribution in [2.75, 3.05) is 5.75 Å². The molecule has 2 unspecified atom stereocenters. The molecular formula is C8H14N2OS. The number of hydrogen-bond acceptors (Lipinski definition) is 2. The van der Waals surface area contributed by atoms with E-state index in [0.717, 1.165) is 12.2 Å². The third-order valence-corrected chi connectivity index (χ3v) is 3.96. The van der Waals surface area contributed by atoms with E-state index in [1.807, 2.05) is 11.8 Å². The van der Waals surface area contributed by atoms with Crippen LogP contribution in [-0.2, 0) is 0 Å². The van der Waals surface area contributed by atoms with E-state index in [2.05, 4.69) is 24.5 Å². The van der Waals surface area contributed by atoms with Gasteiger partial charge in [0.1, 0.15) is 0 Å². The third kappa shape index (κ3) is 1.40. The van der Waals surface area contributed by atoms with Gasteiger partial charge in [0, 0.05) is 10.5 Å². The molecule has 2 saturated heterocycles. The van der Waals surface area contributed by atoms with Crippen molar-refractivity contribution in [1.82, 2.24) is 10.6 Å². The molecule has 0 aromatic carbocycles. The van der Waals surface area contributed by atoms with Crippen LogP contribution in [-0.4, -0.2) is 28.6 Å². The monoisotopic (exact) mass is 186 g/mol. The van der Waals surface area contributed by atoms with E-state index in [0.29, 0.717) is 16.8 Å². The lowest BCUT2D eigenvalue weighted by Crippen LogP contribution is -2.45. The minimum absolute atomic E-state index is 0.00306. The van der Waals surface area contributed by atoms with E-state index < -0.39 is 0 Å². The van der Waals surface area contributed by atoms with Gasteiger partial charge in [-0.05, 0) is 6.42 Å². The largest absolute Gasteiger partial charge is 0.333 e. The van der Waals surface area contributed by atoms with E-state index in [4.69, 9.17) is 0 Å². The van der Waals surface area contributed by atoms with Gasteiger partial charge >= 0.3 is 6.03 Å². The van der Waals surface area contributed by atoms with Gasteiger partial charge in [-0.3, -0.25) is 0 Å². The zero-order valence-corrected chi connectivity index (χ0v) is 8.20. The Morgan fingerprint density at radius 1 is 1.42 bits per heavy atom. The van der Waals surface area contributed by atoms with Crippen LogP contribution in [0.25, 0.3) is 0 Å². The first-order valence-electron chi connectivity index (χ1n) is 4.28. The van der Waals surface area contributed by atoms with Crippen LogP contribution in [0.4, 0.5) is 4.79 Å². The van der Waals surface area contributed by atoms with Gasteiger partial charge in [-0.15, -0.1) is 0 Å². The van der Waals surface area contributed by atoms with Gasteiger partial charge in [-0.2, -0.15) is 11.8 Å². The highest BCUT2D eigenvalue weighted by Crippen LogP contribution is 2.36. The second-order valence-corrected chi connectivity index (χ2v) is 5.83. The van der Waals surface area contributed by atoms with Crippen LogP contribution in [0.2, 0.25) is 0 Å². The summed E-state index contributed by atoms with van der Waals surface area (Å²) in [5, 5.41) is 5.87. The van der Waals surface area contributed by atoms with Gasteiger partial charge in [-0.25, -0.2) is 4.79 Å². The van der Waals surface area contributed by atoms with Crippen molar-refractivity contribution < 1.29 is 4.79 Å². The van der Waals surface area contributed by atoms with Gasteiger partial charge in [0.15, 0.2) is 0 Å². The van der Waals surface area contributed by atoms with E-state index in [-0.39, 0.29) is 6.03 Å². The summed E-state index contributed by atoms with van der Waals surface area (Å²) in [5.74, 6) is 1.04. The molecule has 0 radical (unpaired) electrons. The first-order valence-corrected chi connectivity index (χ1v) is 5.26. The van der Waals surface area contributed by atoms with Gasteiger partial charge < -0.3 is 10.6 Å². The van der Waals surface area contributed by atoms with E-state index in [9.17, 15) is 4.79 Å². The number of hydrogen-bond donors (Lipinski definition) is 2. The second-order valence-electron chi connectivity index (χ2n) is 4.11. The minimum atomic E-state index is 0.00306. The number of nitrogens with one attached hydrogen (secondary N) is 2. The summed E-state index contributed by atoms with van der Waals surface area (Å²) in [7, 11) is 0. The maximum atomic E-state index is 11.0. The molecule has 0 saturated carbocycles. The molecule has 3 nitrogen and oxygen atoms in total. The normalized spacial score (nSPS) is 38.3. The fraction of sp³-hybridized carbons (Fsp3) is 0.875. The van der Waals surface area contributed by atoms with Crippen LogP contribution in [0.3, 0.4) is 0 Å². The van der Waals surface area contributed by atoms with Crippen molar-refractivity contribution in [2.24, 2.45) is 0 Å². The Kier molecular flexibility index (Phi) is 1.75. The lowest BCUT2D eigenvalue weighted by atomic mass is 9.98. The summed E-state index contributed by atoms with van der Waals surface area (Å²) in [5.41, 5.74) is 0. The van der Waals surface area contributed by atoms with Crippen molar-refractivity contribution in [3.63, 3.8) is 0 Å². The lowest BCUT2D eigenvalue weighted by Gasteiger charge is -2.35. The van der Waals surface area contributed by atoms with Crippen LogP contribution in [0.5, 0.6) is 0 Å². The first-order chi connectivity index (χ1) is 5.57. The standard InChI is InChI=1S/C8H14N2OS/c1-8(2)3-5-6(4-12-8)10-7(11)9-5/h5-6H,3-4H2,1-2H3,(H2,9,10,11). The van der Waals surface area contributed by atoms with E-state index >= 15 is 0 Å². The highest BCUT2D eigenvalue weighted by molar-refractivity contribution is 8.00. The maximum Gasteiger partial charge on any atom is 0.315 e. The molecule has 12 heavy (non-hydrogen) atoms. The van der Waals surface area contributed by atoms with E-state index in [1.54, 1.807) is 0 Å². The molecule has 2 heterocycles. The zero-order valence-electron chi connectivity index (χ0n) is 7.39. The van der Waals surface area contributed by atoms with Gasteiger partial charge in [0.25, 0.3) is 0 Å². The molecule has 2 N–H and O–H groups in total. The molecule has 2 aliphatic rings. The molecule has 2 rings (SSSR count). The molecule has 2 atom stereocenters. The number of thioether (sulfide) groups is 1. The number of urea groups is 1. The molecule has 2 amide bonds. The predicted octanol–water partition coefficient (Wildman–Crippen LogP) is 0.952. The zero-order chi connectivity index (χ0) is 8.77. The van der Waals surface area contributed by atoms with Crippen LogP contribution in [0, 0.1) is 0 Å². The quantitative estimate of drug-likeness (QED) is 0.591.